The molecule has 1 rings (SSSR count). The molecule has 1 aliphatic rings. The van der Waals surface area contributed by atoms with E-state index in [4.69, 9.17) is 14.6 Å². The second-order valence-electron chi connectivity index (χ2n) is 5.66. The van der Waals surface area contributed by atoms with E-state index in [1.54, 1.807) is 20.8 Å². The summed E-state index contributed by atoms with van der Waals surface area (Å²) in [7, 11) is 0. The van der Waals surface area contributed by atoms with E-state index in [1.165, 1.54) is 6.92 Å². The molecule has 1 aliphatic heterocycles. The van der Waals surface area contributed by atoms with Gasteiger partial charge in [0.1, 0.15) is 24.4 Å². The van der Waals surface area contributed by atoms with E-state index >= 15 is 0 Å². The number of rotatable bonds is 3. The predicted molar refractivity (Wildman–Crippen MR) is 66.2 cm³/mol. The second kappa shape index (κ2) is 6.15. The maximum atomic E-state index is 11.2. The van der Waals surface area contributed by atoms with Crippen LogP contribution in [0.25, 0.3) is 0 Å². The molecule has 7 nitrogen and oxygen atoms in total. The van der Waals surface area contributed by atoms with Crippen molar-refractivity contribution in [2.45, 2.75) is 63.9 Å². The van der Waals surface area contributed by atoms with Crippen molar-refractivity contribution in [1.29, 1.82) is 0 Å². The minimum Gasteiger partial charge on any atom is -0.394 e. The Morgan fingerprint density at radius 3 is 2.32 bits per heavy atom. The molecule has 0 spiro atoms. The number of hydrogen-bond acceptors (Lipinski definition) is 6. The van der Waals surface area contributed by atoms with Crippen LogP contribution in [0.2, 0.25) is 0 Å². The standard InChI is InChI=1S/C12H23NO6/c1-6(15)13-8-10(17)9(16)7(5-14)18-11(8)19-12(2,3)4/h7-11,14,16-17H,5H2,1-4H3,(H,13,15)/t7-,8+,9-,10-,11-/m1/s1. The Bertz CT molecular complexity index is 316. The summed E-state index contributed by atoms with van der Waals surface area (Å²) >= 11 is 0. The van der Waals surface area contributed by atoms with Gasteiger partial charge in [0, 0.05) is 6.92 Å². The maximum absolute atomic E-state index is 11.2. The fraction of sp³-hybridized carbons (Fsp3) is 0.917. The molecule has 1 saturated heterocycles. The highest BCUT2D eigenvalue weighted by Gasteiger charge is 2.46. The number of ether oxygens (including phenoxy) is 2. The minimum absolute atomic E-state index is 0.371. The molecular formula is C12H23NO6. The third-order valence-corrected chi connectivity index (χ3v) is 2.72. The zero-order chi connectivity index (χ0) is 14.8. The highest BCUT2D eigenvalue weighted by atomic mass is 16.7. The molecule has 4 N–H and O–H groups in total. The molecule has 0 aromatic heterocycles. The molecule has 7 heteroatoms. The first-order valence-corrected chi connectivity index (χ1v) is 6.23. The second-order valence-corrected chi connectivity index (χ2v) is 5.66. The van der Waals surface area contributed by atoms with Crippen LogP contribution in [0.1, 0.15) is 27.7 Å². The van der Waals surface area contributed by atoms with Crippen molar-refractivity contribution in [2.24, 2.45) is 0 Å². The van der Waals surface area contributed by atoms with Gasteiger partial charge in [0.2, 0.25) is 5.91 Å². The van der Waals surface area contributed by atoms with Crippen LogP contribution in [-0.4, -0.2) is 64.1 Å². The molecule has 5 atom stereocenters. The monoisotopic (exact) mass is 277 g/mol. The number of nitrogens with one attached hydrogen (secondary N) is 1. The third-order valence-electron chi connectivity index (χ3n) is 2.72. The molecule has 0 radical (unpaired) electrons. The Morgan fingerprint density at radius 1 is 1.32 bits per heavy atom. The fourth-order valence-corrected chi connectivity index (χ4v) is 1.92. The van der Waals surface area contributed by atoms with Crippen molar-refractivity contribution in [3.05, 3.63) is 0 Å². The average molecular weight is 277 g/mol. The number of carbonyl (C=O) groups excluding carboxylic acids is 1. The van der Waals surface area contributed by atoms with E-state index in [9.17, 15) is 15.0 Å². The molecular weight excluding hydrogens is 254 g/mol. The lowest BCUT2D eigenvalue weighted by molar-refractivity contribution is -0.292. The van der Waals surface area contributed by atoms with Crippen molar-refractivity contribution >= 4 is 5.91 Å². The largest absolute Gasteiger partial charge is 0.394 e. The predicted octanol–water partition coefficient (Wildman–Crippen LogP) is -1.25. The molecule has 0 aliphatic carbocycles. The summed E-state index contributed by atoms with van der Waals surface area (Å²) in [5.41, 5.74) is -0.566. The van der Waals surface area contributed by atoms with Gasteiger partial charge in [-0.3, -0.25) is 4.79 Å². The van der Waals surface area contributed by atoms with Crippen LogP contribution in [0.15, 0.2) is 0 Å². The summed E-state index contributed by atoms with van der Waals surface area (Å²) in [6.07, 6.45) is -4.46. The summed E-state index contributed by atoms with van der Waals surface area (Å²) in [4.78, 5) is 11.2. The molecule has 0 unspecified atom stereocenters. The van der Waals surface area contributed by atoms with Gasteiger partial charge in [-0.05, 0) is 20.8 Å². The first-order chi connectivity index (χ1) is 8.65. The molecule has 0 saturated carbocycles. The van der Waals surface area contributed by atoms with Crippen molar-refractivity contribution in [2.75, 3.05) is 6.61 Å². The van der Waals surface area contributed by atoms with Crippen LogP contribution in [0.4, 0.5) is 0 Å². The quantitative estimate of drug-likeness (QED) is 0.513. The Morgan fingerprint density at radius 2 is 1.89 bits per heavy atom. The van der Waals surface area contributed by atoms with Crippen molar-refractivity contribution in [3.8, 4) is 0 Å². The van der Waals surface area contributed by atoms with Gasteiger partial charge < -0.3 is 30.1 Å². The molecule has 0 bridgehead atoms. The zero-order valence-corrected chi connectivity index (χ0v) is 11.7. The van der Waals surface area contributed by atoms with Crippen LogP contribution in [0, 0.1) is 0 Å². The zero-order valence-electron chi connectivity index (χ0n) is 11.7. The fourth-order valence-electron chi connectivity index (χ4n) is 1.92. The first kappa shape index (κ1) is 16.3. The topological polar surface area (TPSA) is 108 Å². The van der Waals surface area contributed by atoms with Crippen LogP contribution in [0.3, 0.4) is 0 Å². The molecule has 19 heavy (non-hydrogen) atoms. The summed E-state index contributed by atoms with van der Waals surface area (Å²) < 4.78 is 11.0. The third kappa shape index (κ3) is 4.39. The number of hydrogen-bond donors (Lipinski definition) is 4. The van der Waals surface area contributed by atoms with E-state index < -0.39 is 42.9 Å². The number of aliphatic hydroxyl groups is 3. The van der Waals surface area contributed by atoms with Gasteiger partial charge in [0.15, 0.2) is 6.29 Å². The number of amides is 1. The van der Waals surface area contributed by atoms with Crippen LogP contribution in [0.5, 0.6) is 0 Å². The van der Waals surface area contributed by atoms with E-state index in [2.05, 4.69) is 5.32 Å². The van der Waals surface area contributed by atoms with Gasteiger partial charge >= 0.3 is 0 Å². The summed E-state index contributed by atoms with van der Waals surface area (Å²) in [6.45, 7) is 6.24. The summed E-state index contributed by atoms with van der Waals surface area (Å²) in [6, 6.07) is -0.894. The van der Waals surface area contributed by atoms with Crippen LogP contribution < -0.4 is 5.32 Å². The summed E-state index contributed by atoms with van der Waals surface area (Å²) in [5.74, 6) is -0.371. The highest BCUT2D eigenvalue weighted by Crippen LogP contribution is 2.25. The van der Waals surface area contributed by atoms with Crippen LogP contribution in [-0.2, 0) is 14.3 Å². The van der Waals surface area contributed by atoms with Crippen molar-refractivity contribution in [1.82, 2.24) is 5.32 Å². The smallest absolute Gasteiger partial charge is 0.217 e. The maximum Gasteiger partial charge on any atom is 0.217 e. The SMILES string of the molecule is CC(=O)N[C@@H]1[C@@H](OC(C)(C)C)O[C@H](CO)[C@@H](O)[C@@H]1O. The van der Waals surface area contributed by atoms with E-state index in [0.717, 1.165) is 0 Å². The van der Waals surface area contributed by atoms with E-state index in [1.807, 2.05) is 0 Å². The van der Waals surface area contributed by atoms with Gasteiger partial charge in [0.05, 0.1) is 12.2 Å². The van der Waals surface area contributed by atoms with Gasteiger partial charge in [0.25, 0.3) is 0 Å². The highest BCUT2D eigenvalue weighted by molar-refractivity contribution is 5.73. The van der Waals surface area contributed by atoms with Gasteiger partial charge in [-0.1, -0.05) is 0 Å². The molecule has 1 amide bonds. The molecule has 1 fully saturated rings. The van der Waals surface area contributed by atoms with Crippen LogP contribution >= 0.6 is 0 Å². The molecule has 0 aromatic carbocycles. The lowest BCUT2D eigenvalue weighted by Crippen LogP contribution is -2.65. The summed E-state index contributed by atoms with van der Waals surface area (Å²) in [5, 5.41) is 31.4. The van der Waals surface area contributed by atoms with Crippen molar-refractivity contribution < 1.29 is 29.6 Å². The molecule has 0 aromatic rings. The number of carbonyl (C=O) groups is 1. The Kier molecular flexibility index (Phi) is 5.28. The normalized spacial score (nSPS) is 36.1. The minimum atomic E-state index is -1.29. The van der Waals surface area contributed by atoms with E-state index in [-0.39, 0.29) is 5.91 Å². The Labute approximate surface area is 112 Å². The lowest BCUT2D eigenvalue weighted by atomic mass is 9.96. The van der Waals surface area contributed by atoms with Gasteiger partial charge in [-0.15, -0.1) is 0 Å². The Hall–Kier alpha value is -0.730. The van der Waals surface area contributed by atoms with E-state index in [0.29, 0.717) is 0 Å². The first-order valence-electron chi connectivity index (χ1n) is 6.23. The average Bonchev–Trinajstić information content (AvgIpc) is 2.26. The van der Waals surface area contributed by atoms with Gasteiger partial charge in [-0.25, -0.2) is 0 Å². The molecule has 112 valence electrons. The van der Waals surface area contributed by atoms with Gasteiger partial charge in [-0.2, -0.15) is 0 Å². The van der Waals surface area contributed by atoms with Crippen molar-refractivity contribution in [3.63, 3.8) is 0 Å². The Balaban J connectivity index is 2.89. The molecule has 1 heterocycles. The lowest BCUT2D eigenvalue weighted by Gasteiger charge is -2.44. The number of aliphatic hydroxyl groups excluding tert-OH is 3.